The van der Waals surface area contributed by atoms with E-state index < -0.39 is 0 Å². The van der Waals surface area contributed by atoms with Crippen LogP contribution in [0.5, 0.6) is 0 Å². The van der Waals surface area contributed by atoms with Gasteiger partial charge in [-0.3, -0.25) is 0 Å². The maximum Gasteiger partial charge on any atom is 2.00 e. The molecule has 0 radical (unpaired) electrons. The Bertz CT molecular complexity index is 17.2. The predicted octanol–water partition coefficient (Wildman–Crippen LogP) is -4.26. The Balaban J connectivity index is -0.000000000333. The van der Waals surface area contributed by atoms with E-state index in [2.05, 4.69) is 0 Å². The van der Waals surface area contributed by atoms with Crippen LogP contribution in [0.2, 0.25) is 0 Å². The molecule has 0 bridgehead atoms. The van der Waals surface area contributed by atoms with Crippen molar-refractivity contribution in [3.63, 3.8) is 0 Å². The fraction of sp³-hybridized carbons (Fsp3) is 1.00. The summed E-state index contributed by atoms with van der Waals surface area (Å²) < 4.78 is 0. The fourth-order valence-corrected chi connectivity index (χ4v) is 0. The van der Waals surface area contributed by atoms with E-state index in [0.29, 0.717) is 0 Å². The molecule has 0 saturated heterocycles. The zero-order chi connectivity index (χ0) is 2.00. The molecule has 0 unspecified atom stereocenters. The van der Waals surface area contributed by atoms with Crippen molar-refractivity contribution in [3.8, 4) is 0 Å². The van der Waals surface area contributed by atoms with Gasteiger partial charge in [-0.05, 0) is 0 Å². The van der Waals surface area contributed by atoms with Gasteiger partial charge in [-0.15, -0.1) is 0 Å². The van der Waals surface area contributed by atoms with Gasteiger partial charge in [0.25, 0.3) is 0 Å². The monoisotopic (exact) mass is 214 g/mol. The van der Waals surface area contributed by atoms with Crippen molar-refractivity contribution in [1.29, 1.82) is 0 Å². The quantitative estimate of drug-likeness (QED) is 0.407. The Hall–Kier alpha value is 2.49. The molecule has 0 spiro atoms. The average Bonchev–Trinajstić information content (AvgIpc) is 1.00. The zero-order valence-electron chi connectivity index (χ0n) is 6.65. The molecule has 0 fully saturated rings. The molecule has 0 aromatic carbocycles. The summed E-state index contributed by atoms with van der Waals surface area (Å²) in [6.45, 7) is 0. The van der Waals surface area contributed by atoms with Gasteiger partial charge in [-0.25, -0.2) is 0 Å². The molecule has 0 amide bonds. The van der Waals surface area contributed by atoms with Gasteiger partial charge in [-0.2, -0.15) is 0 Å². The van der Waals surface area contributed by atoms with Crippen LogP contribution in [-0.2, 0) is 0 Å². The van der Waals surface area contributed by atoms with Crippen LogP contribution in [0.3, 0.4) is 0 Å². The van der Waals surface area contributed by atoms with Crippen LogP contribution in [0, 0.1) is 0 Å². The molecule has 0 rings (SSSR count). The number of hydrogen-bond acceptors (Lipinski definition) is 1. The standard InChI is InChI=1S/CH4O.Ba.Na.H2O.3H/c1-2;;;;;;/h2H,1H3;;;1H2;;;/q;+2;+1;;3*-1. The van der Waals surface area contributed by atoms with Crippen molar-refractivity contribution in [2.24, 2.45) is 0 Å². The van der Waals surface area contributed by atoms with Crippen LogP contribution < -0.4 is 29.6 Å². The second-order valence-corrected chi connectivity index (χ2v) is 0. The minimum atomic E-state index is 0. The summed E-state index contributed by atoms with van der Waals surface area (Å²) in [4.78, 5) is 0. The molecule has 0 saturated carbocycles. The van der Waals surface area contributed by atoms with Gasteiger partial charge in [0.05, 0.1) is 0 Å². The van der Waals surface area contributed by atoms with Gasteiger partial charge in [0.2, 0.25) is 0 Å². The molecule has 28 valence electrons. The molecule has 4 heteroatoms. The third-order valence-corrected chi connectivity index (χ3v) is 0. The molecule has 3 N–H and O–H groups in total. The third-order valence-electron chi connectivity index (χ3n) is 0. The van der Waals surface area contributed by atoms with E-state index in [1.807, 2.05) is 0 Å². The maximum atomic E-state index is 7.00. The molecular formula is CH9BaNaO2. The first kappa shape index (κ1) is 25.9. The molecule has 0 aliphatic rings. The van der Waals surface area contributed by atoms with Gasteiger partial charge in [0, 0.05) is 7.11 Å². The fourth-order valence-electron chi connectivity index (χ4n) is 0. The average molecular weight is 213 g/mol. The predicted molar refractivity (Wildman–Crippen MR) is 20.8 cm³/mol. The van der Waals surface area contributed by atoms with Gasteiger partial charge >= 0.3 is 78.4 Å². The van der Waals surface area contributed by atoms with Crippen LogP contribution in [0.1, 0.15) is 4.28 Å². The summed E-state index contributed by atoms with van der Waals surface area (Å²) >= 11 is 0. The van der Waals surface area contributed by atoms with E-state index in [1.54, 1.807) is 0 Å². The molecule has 0 aliphatic heterocycles. The van der Waals surface area contributed by atoms with Gasteiger partial charge in [0.1, 0.15) is 0 Å². The SMILES string of the molecule is CO.O.[Ba+2].[H-].[H-].[H-].[Na+]. The van der Waals surface area contributed by atoms with Crippen molar-refractivity contribution in [2.45, 2.75) is 0 Å². The van der Waals surface area contributed by atoms with E-state index >= 15 is 0 Å². The third kappa shape index (κ3) is 21.1. The van der Waals surface area contributed by atoms with Crippen molar-refractivity contribution < 1.29 is 44.4 Å². The summed E-state index contributed by atoms with van der Waals surface area (Å²) in [6.07, 6.45) is 0. The molecule has 0 heterocycles. The molecule has 0 atom stereocenters. The summed E-state index contributed by atoms with van der Waals surface area (Å²) in [6, 6.07) is 0. The van der Waals surface area contributed by atoms with Gasteiger partial charge in [-0.1, -0.05) is 0 Å². The number of aliphatic hydroxyl groups excluding tert-OH is 1. The molecule has 0 aromatic rings. The Kier molecular flexibility index (Phi) is 163. The van der Waals surface area contributed by atoms with Crippen LogP contribution in [0.25, 0.3) is 0 Å². The summed E-state index contributed by atoms with van der Waals surface area (Å²) in [5, 5.41) is 7.00. The first-order valence-corrected chi connectivity index (χ1v) is 0.447. The Morgan fingerprint density at radius 1 is 1.40 bits per heavy atom. The molecule has 0 aromatic heterocycles. The largest absolute Gasteiger partial charge is 2.00 e. The van der Waals surface area contributed by atoms with Crippen LogP contribution in [-0.4, -0.2) is 66.6 Å². The maximum absolute atomic E-state index is 7.00. The summed E-state index contributed by atoms with van der Waals surface area (Å²) in [5.74, 6) is 0. The number of rotatable bonds is 0. The van der Waals surface area contributed by atoms with Crippen molar-refractivity contribution >= 4 is 48.9 Å². The van der Waals surface area contributed by atoms with Crippen LogP contribution >= 0.6 is 0 Å². The van der Waals surface area contributed by atoms with Gasteiger partial charge in [0.15, 0.2) is 0 Å². The van der Waals surface area contributed by atoms with Crippen LogP contribution in [0.4, 0.5) is 0 Å². The first-order chi connectivity index (χ1) is 1.00. The topological polar surface area (TPSA) is 51.7 Å². The van der Waals surface area contributed by atoms with E-state index in [-0.39, 0.29) is 88.2 Å². The molecular weight excluding hydrogens is 204 g/mol. The number of hydrogen-bond donors (Lipinski definition) is 1. The van der Waals surface area contributed by atoms with Gasteiger partial charge < -0.3 is 14.9 Å². The Labute approximate surface area is 98.5 Å². The summed E-state index contributed by atoms with van der Waals surface area (Å²) in [5.41, 5.74) is 0. The first-order valence-electron chi connectivity index (χ1n) is 0.447. The van der Waals surface area contributed by atoms with Crippen molar-refractivity contribution in [2.75, 3.05) is 7.11 Å². The summed E-state index contributed by atoms with van der Waals surface area (Å²) in [7, 11) is 1.00. The molecule has 5 heavy (non-hydrogen) atoms. The second kappa shape index (κ2) is 31.5. The minimum absolute atomic E-state index is 0. The second-order valence-electron chi connectivity index (χ2n) is 0. The minimum Gasteiger partial charge on any atom is -1.00 e. The van der Waals surface area contributed by atoms with Crippen molar-refractivity contribution in [1.82, 2.24) is 0 Å². The smallest absolute Gasteiger partial charge is 1.00 e. The zero-order valence-corrected chi connectivity index (χ0v) is 10.1. The van der Waals surface area contributed by atoms with E-state index in [1.165, 1.54) is 0 Å². The van der Waals surface area contributed by atoms with E-state index in [9.17, 15) is 0 Å². The number of aliphatic hydroxyl groups is 1. The van der Waals surface area contributed by atoms with E-state index in [0.717, 1.165) is 7.11 Å². The van der Waals surface area contributed by atoms with E-state index in [4.69, 9.17) is 5.11 Å². The van der Waals surface area contributed by atoms with Crippen LogP contribution in [0.15, 0.2) is 0 Å². The Morgan fingerprint density at radius 2 is 1.40 bits per heavy atom. The van der Waals surface area contributed by atoms with Crippen molar-refractivity contribution in [3.05, 3.63) is 0 Å². The normalized spacial score (nSPS) is 1.20. The molecule has 0 aliphatic carbocycles. The Morgan fingerprint density at radius 3 is 1.40 bits per heavy atom. The molecule has 2 nitrogen and oxygen atoms in total.